The summed E-state index contributed by atoms with van der Waals surface area (Å²) in [5.41, 5.74) is 0.709. The van der Waals surface area contributed by atoms with Crippen molar-refractivity contribution in [2.45, 2.75) is 0 Å². The number of phenolic OH excluding ortho intramolecular Hbond substituents is 1. The first-order chi connectivity index (χ1) is 6.86. The summed E-state index contributed by atoms with van der Waals surface area (Å²) in [7, 11) is 0. The monoisotopic (exact) mass is 186 g/mol. The highest BCUT2D eigenvalue weighted by atomic mass is 16.3. The Hall–Kier alpha value is -2.03. The van der Waals surface area contributed by atoms with Crippen LogP contribution in [-0.4, -0.2) is 16.0 Å². The molecule has 0 bridgehead atoms. The van der Waals surface area contributed by atoms with Crippen LogP contribution in [0.1, 0.15) is 5.56 Å². The summed E-state index contributed by atoms with van der Waals surface area (Å²) < 4.78 is 1.67. The van der Waals surface area contributed by atoms with Gasteiger partial charge in [-0.25, -0.2) is 4.68 Å². The largest absolute Gasteiger partial charge is 0.507 e. The molecule has 0 saturated carbocycles. The van der Waals surface area contributed by atoms with Gasteiger partial charge < -0.3 is 5.11 Å². The molecule has 0 aliphatic carbocycles. The molecule has 0 fully saturated rings. The van der Waals surface area contributed by atoms with Gasteiger partial charge in [-0.2, -0.15) is 5.10 Å². The fourth-order valence-electron chi connectivity index (χ4n) is 1.13. The highest BCUT2D eigenvalue weighted by Crippen LogP contribution is 2.12. The summed E-state index contributed by atoms with van der Waals surface area (Å²) in [6, 6.07) is 10.9. The molecule has 1 heterocycles. The number of aromatic nitrogens is 1. The maximum Gasteiger partial charge on any atom is 0.124 e. The van der Waals surface area contributed by atoms with Crippen LogP contribution in [0, 0.1) is 0 Å². The Balaban J connectivity index is 2.23. The summed E-state index contributed by atoms with van der Waals surface area (Å²) in [6.07, 6.45) is 5.28. The van der Waals surface area contributed by atoms with Crippen LogP contribution in [0.3, 0.4) is 0 Å². The Morgan fingerprint density at radius 3 is 2.50 bits per heavy atom. The van der Waals surface area contributed by atoms with Gasteiger partial charge in [0.2, 0.25) is 0 Å². The van der Waals surface area contributed by atoms with Crippen molar-refractivity contribution in [3.63, 3.8) is 0 Å². The lowest BCUT2D eigenvalue weighted by atomic mass is 10.2. The second-order valence-electron chi connectivity index (χ2n) is 2.87. The standard InChI is InChI=1S/C11H10N2O/c14-11-6-2-1-5-10(11)9-12-13-7-3-4-8-13/h1-9,14H/b12-9+. The fourth-order valence-corrected chi connectivity index (χ4v) is 1.13. The highest BCUT2D eigenvalue weighted by molar-refractivity contribution is 5.83. The number of para-hydroxylation sites is 1. The number of nitrogens with zero attached hydrogens (tertiary/aromatic N) is 2. The lowest BCUT2D eigenvalue weighted by Crippen LogP contribution is -1.86. The van der Waals surface area contributed by atoms with E-state index in [1.807, 2.05) is 36.7 Å². The molecule has 0 radical (unpaired) electrons. The van der Waals surface area contributed by atoms with E-state index < -0.39 is 0 Å². The Morgan fingerprint density at radius 1 is 1.07 bits per heavy atom. The average Bonchev–Trinajstić information content (AvgIpc) is 2.69. The van der Waals surface area contributed by atoms with Gasteiger partial charge in [-0.1, -0.05) is 12.1 Å². The van der Waals surface area contributed by atoms with Gasteiger partial charge in [0.1, 0.15) is 5.75 Å². The molecule has 0 spiro atoms. The molecule has 0 aliphatic heterocycles. The van der Waals surface area contributed by atoms with Gasteiger partial charge in [0, 0.05) is 18.0 Å². The third-order valence-electron chi connectivity index (χ3n) is 1.86. The third kappa shape index (κ3) is 1.82. The van der Waals surface area contributed by atoms with Crippen LogP contribution >= 0.6 is 0 Å². The lowest BCUT2D eigenvalue weighted by Gasteiger charge is -1.96. The molecule has 2 aromatic rings. The average molecular weight is 186 g/mol. The Kier molecular flexibility index (Phi) is 2.32. The van der Waals surface area contributed by atoms with Crippen molar-refractivity contribution >= 4 is 6.21 Å². The molecule has 0 atom stereocenters. The van der Waals surface area contributed by atoms with Crippen LogP contribution in [0.2, 0.25) is 0 Å². The highest BCUT2D eigenvalue weighted by Gasteiger charge is 1.93. The van der Waals surface area contributed by atoms with Crippen molar-refractivity contribution < 1.29 is 5.11 Å². The van der Waals surface area contributed by atoms with E-state index in [0.717, 1.165) is 0 Å². The van der Waals surface area contributed by atoms with Crippen molar-refractivity contribution in [3.05, 3.63) is 54.4 Å². The summed E-state index contributed by atoms with van der Waals surface area (Å²) in [5, 5.41) is 13.6. The molecule has 1 aromatic carbocycles. The first-order valence-electron chi connectivity index (χ1n) is 4.31. The van der Waals surface area contributed by atoms with E-state index in [9.17, 15) is 5.11 Å². The molecule has 0 unspecified atom stereocenters. The molecule has 0 amide bonds. The minimum atomic E-state index is 0.239. The molecule has 0 aliphatic rings. The second-order valence-corrected chi connectivity index (χ2v) is 2.87. The Bertz CT molecular complexity index is 432. The number of benzene rings is 1. The number of rotatable bonds is 2. The normalized spacial score (nSPS) is 10.9. The van der Waals surface area contributed by atoms with Crippen molar-refractivity contribution in [3.8, 4) is 5.75 Å². The number of phenols is 1. The van der Waals surface area contributed by atoms with Gasteiger partial charge in [0.05, 0.1) is 6.21 Å². The van der Waals surface area contributed by atoms with Crippen molar-refractivity contribution in [1.82, 2.24) is 4.68 Å². The molecule has 70 valence electrons. The zero-order chi connectivity index (χ0) is 9.80. The van der Waals surface area contributed by atoms with Crippen molar-refractivity contribution in [2.75, 3.05) is 0 Å². The van der Waals surface area contributed by atoms with E-state index in [2.05, 4.69) is 5.10 Å². The molecule has 1 aromatic heterocycles. The smallest absolute Gasteiger partial charge is 0.124 e. The van der Waals surface area contributed by atoms with Gasteiger partial charge in [0.25, 0.3) is 0 Å². The van der Waals surface area contributed by atoms with Gasteiger partial charge >= 0.3 is 0 Å². The minimum Gasteiger partial charge on any atom is -0.507 e. The predicted octanol–water partition coefficient (Wildman–Crippen LogP) is 2.08. The molecule has 14 heavy (non-hydrogen) atoms. The van der Waals surface area contributed by atoms with Gasteiger partial charge in [-0.3, -0.25) is 0 Å². The van der Waals surface area contributed by atoms with Crippen molar-refractivity contribution in [2.24, 2.45) is 5.10 Å². The fraction of sp³-hybridized carbons (Fsp3) is 0. The molecule has 3 heteroatoms. The van der Waals surface area contributed by atoms with E-state index in [4.69, 9.17) is 0 Å². The zero-order valence-electron chi connectivity index (χ0n) is 7.54. The number of aromatic hydroxyl groups is 1. The number of hydrogen-bond donors (Lipinski definition) is 1. The minimum absolute atomic E-state index is 0.239. The first-order valence-corrected chi connectivity index (χ1v) is 4.31. The lowest BCUT2D eigenvalue weighted by molar-refractivity contribution is 0.474. The molecular weight excluding hydrogens is 176 g/mol. The third-order valence-corrected chi connectivity index (χ3v) is 1.86. The van der Waals surface area contributed by atoms with E-state index >= 15 is 0 Å². The summed E-state index contributed by atoms with van der Waals surface area (Å²) >= 11 is 0. The summed E-state index contributed by atoms with van der Waals surface area (Å²) in [4.78, 5) is 0. The quantitative estimate of drug-likeness (QED) is 0.716. The van der Waals surface area contributed by atoms with Crippen LogP contribution in [0.5, 0.6) is 5.75 Å². The SMILES string of the molecule is Oc1ccccc1/C=N/n1cccc1. The van der Waals surface area contributed by atoms with Crippen LogP contribution in [-0.2, 0) is 0 Å². The predicted molar refractivity (Wildman–Crippen MR) is 55.5 cm³/mol. The maximum absolute atomic E-state index is 9.44. The van der Waals surface area contributed by atoms with E-state index in [1.54, 1.807) is 23.0 Å². The maximum atomic E-state index is 9.44. The van der Waals surface area contributed by atoms with E-state index in [1.165, 1.54) is 0 Å². The Labute approximate surface area is 81.9 Å². The van der Waals surface area contributed by atoms with Gasteiger partial charge in [0.15, 0.2) is 0 Å². The molecule has 2 rings (SSSR count). The van der Waals surface area contributed by atoms with Gasteiger partial charge in [-0.05, 0) is 24.3 Å². The molecule has 3 nitrogen and oxygen atoms in total. The second kappa shape index (κ2) is 3.79. The topological polar surface area (TPSA) is 37.5 Å². The van der Waals surface area contributed by atoms with E-state index in [0.29, 0.717) is 5.56 Å². The van der Waals surface area contributed by atoms with E-state index in [-0.39, 0.29) is 5.75 Å². The van der Waals surface area contributed by atoms with Crippen LogP contribution < -0.4 is 0 Å². The molecular formula is C11H10N2O. The summed E-state index contributed by atoms with van der Waals surface area (Å²) in [6.45, 7) is 0. The van der Waals surface area contributed by atoms with Crippen LogP contribution in [0.25, 0.3) is 0 Å². The van der Waals surface area contributed by atoms with Crippen LogP contribution in [0.15, 0.2) is 53.9 Å². The number of hydrogen-bond acceptors (Lipinski definition) is 2. The van der Waals surface area contributed by atoms with Crippen molar-refractivity contribution in [1.29, 1.82) is 0 Å². The molecule has 0 saturated heterocycles. The first kappa shape index (κ1) is 8.56. The Morgan fingerprint density at radius 2 is 1.79 bits per heavy atom. The van der Waals surface area contributed by atoms with Gasteiger partial charge in [-0.15, -0.1) is 0 Å². The zero-order valence-corrected chi connectivity index (χ0v) is 7.54. The molecule has 1 N–H and O–H groups in total. The summed E-state index contributed by atoms with van der Waals surface area (Å²) in [5.74, 6) is 0.239. The van der Waals surface area contributed by atoms with Crippen LogP contribution in [0.4, 0.5) is 0 Å².